The molecule has 5 heteroatoms. The van der Waals surface area contributed by atoms with Gasteiger partial charge in [0.25, 0.3) is 0 Å². The number of rotatable bonds is 1. The summed E-state index contributed by atoms with van der Waals surface area (Å²) >= 11 is 0. The second-order valence-electron chi connectivity index (χ2n) is 5.20. The quantitative estimate of drug-likeness (QED) is 0.690. The number of fused-ring (bicyclic) bond motifs is 3. The summed E-state index contributed by atoms with van der Waals surface area (Å²) in [6, 6.07) is 13.2. The summed E-state index contributed by atoms with van der Waals surface area (Å²) in [7, 11) is 0. The van der Waals surface area contributed by atoms with Crippen LogP contribution in [-0.2, 0) is 6.42 Å². The van der Waals surface area contributed by atoms with E-state index in [9.17, 15) is 0 Å². The molecule has 110 valence electrons. The molecule has 1 aliphatic rings. The monoisotopic (exact) mass is 300 g/mol. The molecule has 0 bridgehead atoms. The topological polar surface area (TPSA) is 71.7 Å². The largest absolute Gasteiger partial charge is 0.492 e. The number of nitriles is 1. The molecule has 0 radical (unpaired) electrons. The van der Waals surface area contributed by atoms with E-state index in [1.165, 1.54) is 0 Å². The first-order valence-electron chi connectivity index (χ1n) is 7.30. The lowest BCUT2D eigenvalue weighted by molar-refractivity contribution is 0.326. The third-order valence-corrected chi connectivity index (χ3v) is 3.75. The third kappa shape index (κ3) is 2.40. The summed E-state index contributed by atoms with van der Waals surface area (Å²) in [4.78, 5) is 13.4. The molecule has 0 atom stereocenters. The lowest BCUT2D eigenvalue weighted by atomic mass is 10.0. The van der Waals surface area contributed by atoms with Crippen LogP contribution >= 0.6 is 0 Å². The molecule has 0 N–H and O–H groups in total. The van der Waals surface area contributed by atoms with Crippen molar-refractivity contribution >= 4 is 0 Å². The van der Waals surface area contributed by atoms with Crippen LogP contribution in [-0.4, -0.2) is 21.6 Å². The first-order valence-corrected chi connectivity index (χ1v) is 7.30. The van der Waals surface area contributed by atoms with Gasteiger partial charge in [0.2, 0.25) is 0 Å². The molecule has 3 heterocycles. The minimum atomic E-state index is 0.543. The maximum Gasteiger partial charge on any atom is 0.178 e. The summed E-state index contributed by atoms with van der Waals surface area (Å²) in [5.41, 5.74) is 4.07. The van der Waals surface area contributed by atoms with Gasteiger partial charge in [-0.1, -0.05) is 6.07 Å². The highest BCUT2D eigenvalue weighted by Crippen LogP contribution is 2.35. The van der Waals surface area contributed by atoms with Crippen LogP contribution in [0.15, 0.2) is 48.8 Å². The molecule has 0 aliphatic carbocycles. The Balaban J connectivity index is 1.89. The maximum absolute atomic E-state index is 9.06. The fraction of sp³-hybridized carbons (Fsp3) is 0.111. The standard InChI is InChI=1S/C18H12N4O/c19-10-12-4-5-14-16(9-12)23-8-6-13-11-21-18(22-17(13)14)15-3-1-2-7-20-15/h1-5,7,9,11H,6,8H2. The Morgan fingerprint density at radius 2 is 2.09 bits per heavy atom. The number of hydrogen-bond donors (Lipinski definition) is 0. The van der Waals surface area contributed by atoms with E-state index >= 15 is 0 Å². The maximum atomic E-state index is 9.06. The number of benzene rings is 1. The van der Waals surface area contributed by atoms with Crippen molar-refractivity contribution in [2.45, 2.75) is 6.42 Å². The van der Waals surface area contributed by atoms with Gasteiger partial charge in [-0.2, -0.15) is 5.26 Å². The van der Waals surface area contributed by atoms with Gasteiger partial charge < -0.3 is 4.74 Å². The average Bonchev–Trinajstić information content (AvgIpc) is 2.80. The van der Waals surface area contributed by atoms with Gasteiger partial charge in [-0.05, 0) is 30.3 Å². The van der Waals surface area contributed by atoms with Crippen molar-refractivity contribution in [3.63, 3.8) is 0 Å². The Hall–Kier alpha value is -3.26. The number of hydrogen-bond acceptors (Lipinski definition) is 5. The zero-order chi connectivity index (χ0) is 15.6. The zero-order valence-corrected chi connectivity index (χ0v) is 12.2. The molecule has 0 fully saturated rings. The average molecular weight is 300 g/mol. The fourth-order valence-electron chi connectivity index (χ4n) is 2.62. The van der Waals surface area contributed by atoms with Crippen molar-refractivity contribution in [1.82, 2.24) is 15.0 Å². The Morgan fingerprint density at radius 3 is 2.91 bits per heavy atom. The molecule has 1 aromatic carbocycles. The van der Waals surface area contributed by atoms with Crippen LogP contribution in [0.4, 0.5) is 0 Å². The molecule has 0 saturated heterocycles. The van der Waals surface area contributed by atoms with E-state index in [0.29, 0.717) is 23.7 Å². The Bertz CT molecular complexity index is 916. The predicted octanol–water partition coefficient (Wildman–Crippen LogP) is 3.01. The van der Waals surface area contributed by atoms with Crippen molar-refractivity contribution in [3.05, 3.63) is 59.9 Å². The number of ether oxygens (including phenoxy) is 1. The minimum Gasteiger partial charge on any atom is -0.492 e. The molecule has 3 aromatic rings. The molecule has 5 nitrogen and oxygen atoms in total. The van der Waals surface area contributed by atoms with Crippen molar-refractivity contribution in [3.8, 4) is 34.6 Å². The van der Waals surface area contributed by atoms with E-state index in [-0.39, 0.29) is 0 Å². The lowest BCUT2D eigenvalue weighted by Gasteiger charge is -2.09. The molecule has 2 aromatic heterocycles. The Labute approximate surface area is 133 Å². The molecular formula is C18H12N4O. The van der Waals surface area contributed by atoms with Crippen LogP contribution in [0.3, 0.4) is 0 Å². The van der Waals surface area contributed by atoms with Crippen LogP contribution < -0.4 is 4.74 Å². The van der Waals surface area contributed by atoms with Crippen LogP contribution in [0, 0.1) is 11.3 Å². The van der Waals surface area contributed by atoms with Crippen molar-refractivity contribution < 1.29 is 4.74 Å². The van der Waals surface area contributed by atoms with Gasteiger partial charge in [0.05, 0.1) is 23.9 Å². The highest BCUT2D eigenvalue weighted by Gasteiger charge is 2.19. The second-order valence-corrected chi connectivity index (χ2v) is 5.20. The minimum absolute atomic E-state index is 0.543. The van der Waals surface area contributed by atoms with Crippen LogP contribution in [0.5, 0.6) is 5.75 Å². The number of aromatic nitrogens is 3. The lowest BCUT2D eigenvalue weighted by Crippen LogP contribution is -2.00. The normalized spacial score (nSPS) is 12.3. The highest BCUT2D eigenvalue weighted by atomic mass is 16.5. The summed E-state index contributed by atoms with van der Waals surface area (Å²) in [5.74, 6) is 1.27. The van der Waals surface area contributed by atoms with Gasteiger partial charge in [-0.3, -0.25) is 4.98 Å². The van der Waals surface area contributed by atoms with E-state index in [4.69, 9.17) is 15.0 Å². The summed E-state index contributed by atoms with van der Waals surface area (Å²) in [5, 5.41) is 9.06. The number of pyridine rings is 1. The summed E-state index contributed by atoms with van der Waals surface area (Å²) in [6.45, 7) is 0.543. The van der Waals surface area contributed by atoms with E-state index in [2.05, 4.69) is 16.0 Å². The van der Waals surface area contributed by atoms with Crippen molar-refractivity contribution in [1.29, 1.82) is 5.26 Å². The van der Waals surface area contributed by atoms with E-state index in [1.807, 2.05) is 30.5 Å². The molecule has 0 saturated carbocycles. The number of nitrogens with zero attached hydrogens (tertiary/aromatic N) is 4. The van der Waals surface area contributed by atoms with Crippen LogP contribution in [0.1, 0.15) is 11.1 Å². The molecule has 0 amide bonds. The molecule has 4 rings (SSSR count). The highest BCUT2D eigenvalue weighted by molar-refractivity contribution is 5.73. The van der Waals surface area contributed by atoms with E-state index in [1.54, 1.807) is 18.3 Å². The molecule has 23 heavy (non-hydrogen) atoms. The summed E-state index contributed by atoms with van der Waals surface area (Å²) in [6.07, 6.45) is 4.29. The van der Waals surface area contributed by atoms with Crippen LogP contribution in [0.2, 0.25) is 0 Å². The second kappa shape index (κ2) is 5.50. The smallest absolute Gasteiger partial charge is 0.178 e. The Kier molecular flexibility index (Phi) is 3.21. The predicted molar refractivity (Wildman–Crippen MR) is 84.6 cm³/mol. The van der Waals surface area contributed by atoms with Crippen LogP contribution in [0.25, 0.3) is 22.8 Å². The van der Waals surface area contributed by atoms with E-state index < -0.39 is 0 Å². The third-order valence-electron chi connectivity index (χ3n) is 3.75. The Morgan fingerprint density at radius 1 is 1.13 bits per heavy atom. The fourth-order valence-corrected chi connectivity index (χ4v) is 2.62. The first-order chi connectivity index (χ1) is 11.3. The first kappa shape index (κ1) is 13.4. The van der Waals surface area contributed by atoms with Crippen molar-refractivity contribution in [2.75, 3.05) is 6.61 Å². The van der Waals surface area contributed by atoms with Gasteiger partial charge in [-0.25, -0.2) is 9.97 Å². The van der Waals surface area contributed by atoms with Crippen molar-refractivity contribution in [2.24, 2.45) is 0 Å². The molecule has 1 aliphatic heterocycles. The van der Waals surface area contributed by atoms with Gasteiger partial charge >= 0.3 is 0 Å². The molecular weight excluding hydrogens is 288 g/mol. The SMILES string of the molecule is N#Cc1ccc2c(c1)OCCc1cnc(-c3ccccn3)nc1-2. The molecule has 0 unspecified atom stereocenters. The zero-order valence-electron chi connectivity index (χ0n) is 12.2. The van der Waals surface area contributed by atoms with E-state index in [0.717, 1.165) is 28.9 Å². The van der Waals surface area contributed by atoms with Gasteiger partial charge in [0.15, 0.2) is 5.82 Å². The molecule has 0 spiro atoms. The van der Waals surface area contributed by atoms with Gasteiger partial charge in [0.1, 0.15) is 11.4 Å². The summed E-state index contributed by atoms with van der Waals surface area (Å²) < 4.78 is 5.78. The van der Waals surface area contributed by atoms with Gasteiger partial charge in [-0.15, -0.1) is 0 Å². The van der Waals surface area contributed by atoms with Gasteiger partial charge in [0, 0.05) is 29.9 Å².